The molecule has 1 atom stereocenters. The maximum Gasteiger partial charge on any atom is 0.340 e. The lowest BCUT2D eigenvalue weighted by molar-refractivity contribution is -0.125. The molecule has 2 N–H and O–H groups in total. The third-order valence-electron chi connectivity index (χ3n) is 5.33. The Kier molecular flexibility index (Phi) is 8.95. The number of amides is 2. The van der Waals surface area contributed by atoms with Crippen LogP contribution in [0, 0.1) is 5.92 Å². The summed E-state index contributed by atoms with van der Waals surface area (Å²) >= 11 is 0. The van der Waals surface area contributed by atoms with Gasteiger partial charge in [0.2, 0.25) is 5.91 Å². The van der Waals surface area contributed by atoms with Gasteiger partial charge in [0.1, 0.15) is 0 Å². The molecule has 1 saturated carbocycles. The Morgan fingerprint density at radius 1 is 1.07 bits per heavy atom. The summed E-state index contributed by atoms with van der Waals surface area (Å²) in [6.07, 6.45) is 5.60. The van der Waals surface area contributed by atoms with E-state index < -0.39 is 12.6 Å². The molecule has 30 heavy (non-hydrogen) atoms. The molecule has 0 aliphatic heterocycles. The van der Waals surface area contributed by atoms with E-state index in [-0.39, 0.29) is 35.0 Å². The highest BCUT2D eigenvalue weighted by Crippen LogP contribution is 2.34. The molecule has 1 aliphatic rings. The van der Waals surface area contributed by atoms with Crippen LogP contribution >= 0.6 is 0 Å². The van der Waals surface area contributed by atoms with Gasteiger partial charge in [-0.3, -0.25) is 9.59 Å². The first-order valence-electron chi connectivity index (χ1n) is 10.4. The number of methoxy groups -OCH3 is 2. The van der Waals surface area contributed by atoms with Gasteiger partial charge in [-0.2, -0.15) is 0 Å². The van der Waals surface area contributed by atoms with Gasteiger partial charge in [-0.1, -0.05) is 26.2 Å². The summed E-state index contributed by atoms with van der Waals surface area (Å²) in [6.45, 7) is 3.41. The fraction of sp³-hybridized carbons (Fsp3) is 0.591. The van der Waals surface area contributed by atoms with Crippen LogP contribution in [0.5, 0.6) is 11.5 Å². The molecule has 1 aromatic carbocycles. The number of benzene rings is 1. The van der Waals surface area contributed by atoms with Crippen molar-refractivity contribution < 1.29 is 28.6 Å². The van der Waals surface area contributed by atoms with Crippen molar-refractivity contribution >= 4 is 23.5 Å². The van der Waals surface area contributed by atoms with Crippen LogP contribution in [-0.2, 0) is 14.3 Å². The summed E-state index contributed by atoms with van der Waals surface area (Å²) in [5.41, 5.74) is 0.378. The molecule has 0 heterocycles. The number of anilines is 1. The van der Waals surface area contributed by atoms with Crippen LogP contribution < -0.4 is 20.1 Å². The predicted octanol–water partition coefficient (Wildman–Crippen LogP) is 3.29. The van der Waals surface area contributed by atoms with E-state index in [0.29, 0.717) is 11.5 Å². The quantitative estimate of drug-likeness (QED) is 0.594. The zero-order valence-corrected chi connectivity index (χ0v) is 18.2. The zero-order chi connectivity index (χ0) is 22.1. The monoisotopic (exact) mass is 420 g/mol. The van der Waals surface area contributed by atoms with E-state index in [4.69, 9.17) is 14.2 Å². The number of esters is 1. The van der Waals surface area contributed by atoms with Crippen molar-refractivity contribution in [2.45, 2.75) is 58.4 Å². The van der Waals surface area contributed by atoms with Crippen LogP contribution in [0.15, 0.2) is 12.1 Å². The van der Waals surface area contributed by atoms with Crippen molar-refractivity contribution in [3.8, 4) is 11.5 Å². The first-order chi connectivity index (χ1) is 14.4. The van der Waals surface area contributed by atoms with E-state index in [1.54, 1.807) is 0 Å². The van der Waals surface area contributed by atoms with Crippen LogP contribution in [-0.4, -0.2) is 44.7 Å². The van der Waals surface area contributed by atoms with E-state index in [2.05, 4.69) is 10.6 Å². The van der Waals surface area contributed by atoms with Gasteiger partial charge >= 0.3 is 5.97 Å². The lowest BCUT2D eigenvalue weighted by Gasteiger charge is -2.22. The smallest absolute Gasteiger partial charge is 0.340 e. The highest BCUT2D eigenvalue weighted by Gasteiger charge is 2.25. The Hall–Kier alpha value is -2.77. The highest BCUT2D eigenvalue weighted by atomic mass is 16.5. The third-order valence-corrected chi connectivity index (χ3v) is 5.33. The summed E-state index contributed by atoms with van der Waals surface area (Å²) in [4.78, 5) is 37.4. The summed E-state index contributed by atoms with van der Waals surface area (Å²) < 4.78 is 15.7. The highest BCUT2D eigenvalue weighted by molar-refractivity contribution is 6.03. The molecule has 2 rings (SSSR count). The lowest BCUT2D eigenvalue weighted by Crippen LogP contribution is -2.35. The molecule has 0 radical (unpaired) electrons. The fourth-order valence-corrected chi connectivity index (χ4v) is 3.38. The van der Waals surface area contributed by atoms with Crippen LogP contribution in [0.2, 0.25) is 0 Å². The van der Waals surface area contributed by atoms with Crippen LogP contribution in [0.1, 0.15) is 62.7 Å². The average Bonchev–Trinajstić information content (AvgIpc) is 2.77. The van der Waals surface area contributed by atoms with Gasteiger partial charge in [-0.25, -0.2) is 4.79 Å². The largest absolute Gasteiger partial charge is 0.493 e. The Labute approximate surface area is 177 Å². The van der Waals surface area contributed by atoms with Gasteiger partial charge in [0.25, 0.3) is 5.91 Å². The van der Waals surface area contributed by atoms with E-state index in [9.17, 15) is 14.4 Å². The van der Waals surface area contributed by atoms with Gasteiger partial charge in [0.05, 0.1) is 25.5 Å². The molecule has 8 heteroatoms. The number of carbonyl (C=O) groups excluding carboxylic acids is 3. The first kappa shape index (κ1) is 23.5. The van der Waals surface area contributed by atoms with Gasteiger partial charge in [0.15, 0.2) is 18.1 Å². The number of hydrogen-bond donors (Lipinski definition) is 2. The van der Waals surface area contributed by atoms with Crippen molar-refractivity contribution in [2.75, 3.05) is 26.1 Å². The molecular formula is C22H32N2O6. The predicted molar refractivity (Wildman–Crippen MR) is 113 cm³/mol. The van der Waals surface area contributed by atoms with Crippen LogP contribution in [0.3, 0.4) is 0 Å². The number of carbonyl (C=O) groups is 3. The van der Waals surface area contributed by atoms with Gasteiger partial charge in [-0.05, 0) is 26.2 Å². The Morgan fingerprint density at radius 2 is 1.70 bits per heavy atom. The molecular weight excluding hydrogens is 388 g/mol. The molecule has 2 amide bonds. The Bertz CT molecular complexity index is 758. The molecule has 1 aromatic rings. The normalized spacial score (nSPS) is 15.1. The van der Waals surface area contributed by atoms with Crippen molar-refractivity contribution in [3.63, 3.8) is 0 Å². The molecule has 8 nitrogen and oxygen atoms in total. The lowest BCUT2D eigenvalue weighted by atomic mass is 9.88. The van der Waals surface area contributed by atoms with Crippen molar-refractivity contribution in [1.29, 1.82) is 0 Å². The molecule has 1 fully saturated rings. The molecule has 1 aliphatic carbocycles. The van der Waals surface area contributed by atoms with Crippen molar-refractivity contribution in [2.24, 2.45) is 5.92 Å². The van der Waals surface area contributed by atoms with Crippen LogP contribution in [0.4, 0.5) is 5.69 Å². The minimum absolute atomic E-state index is 0.0115. The maximum atomic E-state index is 12.7. The molecule has 0 spiro atoms. The molecule has 166 valence electrons. The number of ether oxygens (including phenoxy) is 3. The standard InChI is InChI=1S/C22H32N2O6/c1-5-14(2)23-20(25)13-30-22(27)16-11-18(28-3)19(29-4)12-17(16)24-21(26)15-9-7-6-8-10-15/h11-12,14-15H,5-10,13H2,1-4H3,(H,23,25)(H,24,26)/t14-/m0/s1. The van der Waals surface area contributed by atoms with E-state index in [1.807, 2.05) is 13.8 Å². The number of rotatable bonds is 9. The molecule has 0 unspecified atom stereocenters. The van der Waals surface area contributed by atoms with Gasteiger partial charge in [0, 0.05) is 24.1 Å². The SMILES string of the molecule is CC[C@H](C)NC(=O)COC(=O)c1cc(OC)c(OC)cc1NC(=O)C1CCCCC1. The molecule has 0 bridgehead atoms. The summed E-state index contributed by atoms with van der Waals surface area (Å²) in [6, 6.07) is 2.97. The Balaban J connectivity index is 2.19. The summed E-state index contributed by atoms with van der Waals surface area (Å²) in [7, 11) is 2.93. The van der Waals surface area contributed by atoms with E-state index in [1.165, 1.54) is 26.4 Å². The third kappa shape index (κ3) is 6.37. The number of nitrogens with one attached hydrogen (secondary N) is 2. The van der Waals surface area contributed by atoms with E-state index >= 15 is 0 Å². The minimum atomic E-state index is -0.728. The second-order valence-electron chi connectivity index (χ2n) is 7.53. The second kappa shape index (κ2) is 11.4. The second-order valence-corrected chi connectivity index (χ2v) is 7.53. The summed E-state index contributed by atoms with van der Waals surface area (Å²) in [5.74, 6) is -0.630. The summed E-state index contributed by atoms with van der Waals surface area (Å²) in [5, 5.41) is 5.58. The van der Waals surface area contributed by atoms with Gasteiger partial charge < -0.3 is 24.8 Å². The topological polar surface area (TPSA) is 103 Å². The Morgan fingerprint density at radius 3 is 2.30 bits per heavy atom. The first-order valence-corrected chi connectivity index (χ1v) is 10.4. The minimum Gasteiger partial charge on any atom is -0.493 e. The maximum absolute atomic E-state index is 12.7. The number of hydrogen-bond acceptors (Lipinski definition) is 6. The van der Waals surface area contributed by atoms with Crippen molar-refractivity contribution in [3.05, 3.63) is 17.7 Å². The van der Waals surface area contributed by atoms with E-state index in [0.717, 1.165) is 38.5 Å². The fourth-order valence-electron chi connectivity index (χ4n) is 3.38. The van der Waals surface area contributed by atoms with Crippen molar-refractivity contribution in [1.82, 2.24) is 5.32 Å². The average molecular weight is 421 g/mol. The van der Waals surface area contributed by atoms with Crippen LogP contribution in [0.25, 0.3) is 0 Å². The zero-order valence-electron chi connectivity index (χ0n) is 18.2. The molecule has 0 aromatic heterocycles. The molecule has 0 saturated heterocycles. The van der Waals surface area contributed by atoms with Gasteiger partial charge in [-0.15, -0.1) is 0 Å².